The lowest BCUT2D eigenvalue weighted by atomic mass is 9.98. The molecule has 1 aliphatic rings. The second-order valence-electron chi connectivity index (χ2n) is 6.34. The third-order valence-electron chi connectivity index (χ3n) is 4.54. The van der Waals surface area contributed by atoms with Gasteiger partial charge in [0.25, 0.3) is 0 Å². The minimum Gasteiger partial charge on any atom is -0.481 e. The van der Waals surface area contributed by atoms with Crippen LogP contribution in [0.3, 0.4) is 0 Å². The van der Waals surface area contributed by atoms with E-state index in [1.54, 1.807) is 11.9 Å². The minimum atomic E-state index is -0.866. The molecule has 6 heteroatoms. The Hall–Kier alpha value is -2.37. The van der Waals surface area contributed by atoms with Crippen molar-refractivity contribution in [3.05, 3.63) is 35.9 Å². The van der Waals surface area contributed by atoms with Crippen LogP contribution in [0.4, 0.5) is 0 Å². The maximum atomic E-state index is 12.5. The van der Waals surface area contributed by atoms with Gasteiger partial charge in [0.05, 0.1) is 18.4 Å². The quantitative estimate of drug-likeness (QED) is 0.888. The van der Waals surface area contributed by atoms with Crippen molar-refractivity contribution in [1.29, 1.82) is 0 Å². The van der Waals surface area contributed by atoms with Gasteiger partial charge in [-0.2, -0.15) is 0 Å². The lowest BCUT2D eigenvalue weighted by molar-refractivity contribution is -0.147. The molecule has 0 saturated carbocycles. The van der Waals surface area contributed by atoms with Crippen LogP contribution in [-0.2, 0) is 14.4 Å². The lowest BCUT2D eigenvalue weighted by Gasteiger charge is -2.32. The maximum Gasteiger partial charge on any atom is 0.308 e. The number of benzene rings is 1. The van der Waals surface area contributed by atoms with Gasteiger partial charge in [0.1, 0.15) is 0 Å². The Bertz CT molecular complexity index is 602. The highest BCUT2D eigenvalue weighted by Gasteiger charge is 2.29. The lowest BCUT2D eigenvalue weighted by Crippen LogP contribution is -2.47. The number of likely N-dealkylation sites (N-methyl/N-ethyl adjacent to an activating group) is 1. The summed E-state index contributed by atoms with van der Waals surface area (Å²) in [4.78, 5) is 38.9. The van der Waals surface area contributed by atoms with Crippen LogP contribution in [0.1, 0.15) is 31.2 Å². The second-order valence-corrected chi connectivity index (χ2v) is 6.34. The van der Waals surface area contributed by atoms with Crippen LogP contribution >= 0.6 is 0 Å². The fourth-order valence-electron chi connectivity index (χ4n) is 3.00. The normalized spacial score (nSPS) is 18.8. The molecule has 0 aromatic heterocycles. The van der Waals surface area contributed by atoms with E-state index in [4.69, 9.17) is 5.11 Å². The number of nitrogens with zero attached hydrogens (tertiary/aromatic N) is 2. The summed E-state index contributed by atoms with van der Waals surface area (Å²) < 4.78 is 0. The average molecular weight is 332 g/mol. The van der Waals surface area contributed by atoms with Gasteiger partial charge in [0.2, 0.25) is 11.8 Å². The van der Waals surface area contributed by atoms with Crippen molar-refractivity contribution >= 4 is 17.8 Å². The summed E-state index contributed by atoms with van der Waals surface area (Å²) in [6.07, 6.45) is 1.28. The van der Waals surface area contributed by atoms with E-state index >= 15 is 0 Å². The van der Waals surface area contributed by atoms with Crippen molar-refractivity contribution in [3.63, 3.8) is 0 Å². The predicted molar refractivity (Wildman–Crippen MR) is 89.4 cm³/mol. The van der Waals surface area contributed by atoms with Gasteiger partial charge in [0.15, 0.2) is 0 Å². The Morgan fingerprint density at radius 1 is 1.29 bits per heavy atom. The van der Waals surface area contributed by atoms with Crippen molar-refractivity contribution in [3.8, 4) is 0 Å². The van der Waals surface area contributed by atoms with Crippen LogP contribution in [0.2, 0.25) is 0 Å². The second kappa shape index (κ2) is 7.95. The van der Waals surface area contributed by atoms with Crippen molar-refractivity contribution < 1.29 is 19.5 Å². The largest absolute Gasteiger partial charge is 0.481 e. The number of carboxylic acid groups (broad SMARTS) is 1. The molecule has 0 aliphatic carbocycles. The first-order valence-electron chi connectivity index (χ1n) is 8.20. The van der Waals surface area contributed by atoms with Crippen molar-refractivity contribution in [2.45, 2.75) is 25.7 Å². The molecule has 6 nitrogen and oxygen atoms in total. The Kier molecular flexibility index (Phi) is 5.95. The molecule has 1 N–H and O–H groups in total. The summed E-state index contributed by atoms with van der Waals surface area (Å²) >= 11 is 0. The van der Waals surface area contributed by atoms with Crippen LogP contribution in [-0.4, -0.2) is 59.4 Å². The molecule has 1 aromatic carbocycles. The van der Waals surface area contributed by atoms with Gasteiger partial charge < -0.3 is 14.9 Å². The van der Waals surface area contributed by atoms with Crippen molar-refractivity contribution in [2.24, 2.45) is 5.92 Å². The molecule has 0 radical (unpaired) electrons. The van der Waals surface area contributed by atoms with E-state index in [1.807, 2.05) is 37.3 Å². The van der Waals surface area contributed by atoms with Crippen LogP contribution in [0, 0.1) is 5.92 Å². The number of hydrogen-bond donors (Lipinski definition) is 1. The first kappa shape index (κ1) is 18.0. The van der Waals surface area contributed by atoms with Gasteiger partial charge in [-0.3, -0.25) is 14.4 Å². The summed E-state index contributed by atoms with van der Waals surface area (Å²) in [5, 5.41) is 9.10. The number of aliphatic carboxylic acids is 1. The average Bonchev–Trinajstić information content (AvgIpc) is 2.61. The van der Waals surface area contributed by atoms with E-state index in [0.29, 0.717) is 19.4 Å². The SMILES string of the molecule is C[C@@H](C(=O)N(C)CC(=O)N1CCCC(C(=O)O)C1)c1ccccc1. The van der Waals surface area contributed by atoms with Gasteiger partial charge in [-0.25, -0.2) is 0 Å². The number of carbonyl (C=O) groups excluding carboxylic acids is 2. The molecule has 2 rings (SSSR count). The Morgan fingerprint density at radius 2 is 1.96 bits per heavy atom. The molecule has 1 fully saturated rings. The maximum absolute atomic E-state index is 12.5. The number of carbonyl (C=O) groups is 3. The number of likely N-dealkylation sites (tertiary alicyclic amines) is 1. The zero-order chi connectivity index (χ0) is 17.7. The van der Waals surface area contributed by atoms with Gasteiger partial charge >= 0.3 is 5.97 Å². The fraction of sp³-hybridized carbons (Fsp3) is 0.500. The molecule has 2 atom stereocenters. The molecule has 1 aromatic rings. The molecule has 1 heterocycles. The molecule has 130 valence electrons. The van der Waals surface area contributed by atoms with E-state index in [-0.39, 0.29) is 30.8 Å². The van der Waals surface area contributed by atoms with Crippen LogP contribution in [0.15, 0.2) is 30.3 Å². The van der Waals surface area contributed by atoms with E-state index in [9.17, 15) is 14.4 Å². The van der Waals surface area contributed by atoms with Gasteiger partial charge in [-0.15, -0.1) is 0 Å². The number of piperidine rings is 1. The van der Waals surface area contributed by atoms with Crippen molar-refractivity contribution in [2.75, 3.05) is 26.7 Å². The number of rotatable bonds is 5. The summed E-state index contributed by atoms with van der Waals surface area (Å²) in [5.41, 5.74) is 0.908. The van der Waals surface area contributed by atoms with Crippen LogP contribution in [0.5, 0.6) is 0 Å². The number of amides is 2. The molecular formula is C18H24N2O4. The highest BCUT2D eigenvalue weighted by molar-refractivity contribution is 5.88. The first-order valence-corrected chi connectivity index (χ1v) is 8.20. The molecule has 1 unspecified atom stereocenters. The van der Waals surface area contributed by atoms with Crippen LogP contribution < -0.4 is 0 Å². The molecular weight excluding hydrogens is 308 g/mol. The molecule has 0 spiro atoms. The van der Waals surface area contributed by atoms with Crippen molar-refractivity contribution in [1.82, 2.24) is 9.80 Å². The van der Waals surface area contributed by atoms with Crippen LogP contribution in [0.25, 0.3) is 0 Å². The van der Waals surface area contributed by atoms with E-state index in [2.05, 4.69) is 0 Å². The van der Waals surface area contributed by atoms with Gasteiger partial charge in [-0.1, -0.05) is 30.3 Å². The van der Waals surface area contributed by atoms with E-state index in [0.717, 1.165) is 5.56 Å². The third-order valence-corrected chi connectivity index (χ3v) is 4.54. The monoisotopic (exact) mass is 332 g/mol. The minimum absolute atomic E-state index is 0.0255. The zero-order valence-electron chi connectivity index (χ0n) is 14.1. The summed E-state index contributed by atoms with van der Waals surface area (Å²) in [7, 11) is 1.61. The molecule has 0 bridgehead atoms. The fourth-order valence-corrected chi connectivity index (χ4v) is 3.00. The molecule has 1 aliphatic heterocycles. The Labute approximate surface area is 142 Å². The third kappa shape index (κ3) is 4.34. The standard InChI is InChI=1S/C18H24N2O4/c1-13(14-7-4-3-5-8-14)17(22)19(2)12-16(21)20-10-6-9-15(11-20)18(23)24/h3-5,7-8,13,15H,6,9-12H2,1-2H3,(H,23,24)/t13-,15?/m1/s1. The Morgan fingerprint density at radius 3 is 2.58 bits per heavy atom. The number of carboxylic acids is 1. The van der Waals surface area contributed by atoms with E-state index < -0.39 is 11.9 Å². The highest BCUT2D eigenvalue weighted by atomic mass is 16.4. The van der Waals surface area contributed by atoms with Gasteiger partial charge in [-0.05, 0) is 25.3 Å². The Balaban J connectivity index is 1.93. The first-order chi connectivity index (χ1) is 11.4. The zero-order valence-corrected chi connectivity index (χ0v) is 14.1. The van der Waals surface area contributed by atoms with E-state index in [1.165, 1.54) is 4.90 Å². The van der Waals surface area contributed by atoms with Gasteiger partial charge in [0, 0.05) is 20.1 Å². The number of hydrogen-bond acceptors (Lipinski definition) is 3. The topological polar surface area (TPSA) is 77.9 Å². The highest BCUT2D eigenvalue weighted by Crippen LogP contribution is 2.19. The predicted octanol–water partition coefficient (Wildman–Crippen LogP) is 1.57. The molecule has 1 saturated heterocycles. The summed E-state index contributed by atoms with van der Waals surface area (Å²) in [5.74, 6) is -2.02. The molecule has 24 heavy (non-hydrogen) atoms. The molecule has 2 amide bonds. The smallest absolute Gasteiger partial charge is 0.308 e. The summed E-state index contributed by atoms with van der Waals surface area (Å²) in [6, 6.07) is 9.43. The summed E-state index contributed by atoms with van der Waals surface area (Å²) in [6.45, 7) is 2.58.